The van der Waals surface area contributed by atoms with Gasteiger partial charge in [0.25, 0.3) is 10.2 Å². The van der Waals surface area contributed by atoms with E-state index in [1.54, 1.807) is 6.20 Å². The van der Waals surface area contributed by atoms with E-state index in [2.05, 4.69) is 21.8 Å². The standard InChI is InChI=1S/C16H24N4O2S/c1-3-20(4-2)23(21,22)18-11-10-16-17-12-13-19(16)14-15-8-6-5-7-9-15/h5-9,12-13,18H,3-4,10-11,14H2,1-2H3. The molecule has 0 saturated heterocycles. The van der Waals surface area contributed by atoms with Crippen LogP contribution in [0.15, 0.2) is 42.7 Å². The van der Waals surface area contributed by atoms with E-state index in [-0.39, 0.29) is 0 Å². The van der Waals surface area contributed by atoms with Gasteiger partial charge in [-0.15, -0.1) is 0 Å². The summed E-state index contributed by atoms with van der Waals surface area (Å²) >= 11 is 0. The van der Waals surface area contributed by atoms with Gasteiger partial charge in [0.15, 0.2) is 0 Å². The van der Waals surface area contributed by atoms with E-state index in [9.17, 15) is 8.42 Å². The van der Waals surface area contributed by atoms with Crippen molar-refractivity contribution >= 4 is 10.2 Å². The Morgan fingerprint density at radius 1 is 1.17 bits per heavy atom. The molecule has 1 aromatic carbocycles. The van der Waals surface area contributed by atoms with Crippen molar-refractivity contribution in [2.45, 2.75) is 26.8 Å². The number of aromatic nitrogens is 2. The van der Waals surface area contributed by atoms with Crippen molar-refractivity contribution in [3.8, 4) is 0 Å². The fourth-order valence-electron chi connectivity index (χ4n) is 2.44. The van der Waals surface area contributed by atoms with Crippen LogP contribution in [0.25, 0.3) is 0 Å². The third-order valence-electron chi connectivity index (χ3n) is 3.68. The van der Waals surface area contributed by atoms with Crippen LogP contribution >= 0.6 is 0 Å². The molecule has 1 N–H and O–H groups in total. The lowest BCUT2D eigenvalue weighted by molar-refractivity contribution is 0.435. The number of imidazole rings is 1. The Balaban J connectivity index is 1.94. The van der Waals surface area contributed by atoms with E-state index < -0.39 is 10.2 Å². The van der Waals surface area contributed by atoms with Gasteiger partial charge in [0.1, 0.15) is 5.82 Å². The van der Waals surface area contributed by atoms with Crippen molar-refractivity contribution in [2.24, 2.45) is 0 Å². The van der Waals surface area contributed by atoms with E-state index in [0.29, 0.717) is 26.1 Å². The van der Waals surface area contributed by atoms with Crippen LogP contribution < -0.4 is 4.72 Å². The van der Waals surface area contributed by atoms with E-state index in [4.69, 9.17) is 0 Å². The molecular weight excluding hydrogens is 312 g/mol. The second kappa shape index (κ2) is 8.24. The number of nitrogens with one attached hydrogen (secondary N) is 1. The van der Waals surface area contributed by atoms with Gasteiger partial charge in [-0.05, 0) is 5.56 Å². The molecule has 0 aliphatic heterocycles. The molecule has 6 nitrogen and oxygen atoms in total. The van der Waals surface area contributed by atoms with Gasteiger partial charge in [0.05, 0.1) is 0 Å². The van der Waals surface area contributed by atoms with Gasteiger partial charge in [0, 0.05) is 45.0 Å². The predicted octanol–water partition coefficient (Wildman–Crippen LogP) is 1.65. The molecule has 0 unspecified atom stereocenters. The summed E-state index contributed by atoms with van der Waals surface area (Å²) in [6.07, 6.45) is 4.22. The number of benzene rings is 1. The van der Waals surface area contributed by atoms with Crippen LogP contribution in [0.5, 0.6) is 0 Å². The summed E-state index contributed by atoms with van der Waals surface area (Å²) in [4.78, 5) is 4.33. The van der Waals surface area contributed by atoms with Gasteiger partial charge in [-0.3, -0.25) is 0 Å². The second-order valence-corrected chi connectivity index (χ2v) is 6.95. The van der Waals surface area contributed by atoms with Crippen LogP contribution in [-0.2, 0) is 23.2 Å². The molecule has 0 fully saturated rings. The Bertz CT molecular complexity index is 694. The Kier molecular flexibility index (Phi) is 6.32. The molecule has 0 amide bonds. The minimum Gasteiger partial charge on any atom is -0.330 e. The normalized spacial score (nSPS) is 12.0. The van der Waals surface area contributed by atoms with E-state index in [0.717, 1.165) is 12.4 Å². The van der Waals surface area contributed by atoms with Crippen molar-refractivity contribution in [1.29, 1.82) is 0 Å². The van der Waals surface area contributed by atoms with Crippen LogP contribution in [-0.4, -0.2) is 41.9 Å². The van der Waals surface area contributed by atoms with Gasteiger partial charge in [-0.2, -0.15) is 12.7 Å². The zero-order valence-electron chi connectivity index (χ0n) is 13.6. The molecule has 2 aromatic rings. The Labute approximate surface area is 138 Å². The molecule has 1 aromatic heterocycles. The number of nitrogens with zero attached hydrogens (tertiary/aromatic N) is 3. The minimum absolute atomic E-state index is 0.338. The highest BCUT2D eigenvalue weighted by molar-refractivity contribution is 7.87. The molecule has 0 atom stereocenters. The topological polar surface area (TPSA) is 67.2 Å². The van der Waals surface area contributed by atoms with Gasteiger partial charge in [-0.1, -0.05) is 44.2 Å². The summed E-state index contributed by atoms with van der Waals surface area (Å²) < 4.78 is 30.3. The highest BCUT2D eigenvalue weighted by Crippen LogP contribution is 2.06. The summed E-state index contributed by atoms with van der Waals surface area (Å²) in [5.41, 5.74) is 1.19. The molecule has 126 valence electrons. The zero-order chi connectivity index (χ0) is 16.7. The van der Waals surface area contributed by atoms with Gasteiger partial charge < -0.3 is 4.57 Å². The number of hydrogen-bond donors (Lipinski definition) is 1. The zero-order valence-corrected chi connectivity index (χ0v) is 14.5. The monoisotopic (exact) mass is 336 g/mol. The summed E-state index contributed by atoms with van der Waals surface area (Å²) in [5.74, 6) is 0.871. The maximum Gasteiger partial charge on any atom is 0.279 e. The molecule has 2 rings (SSSR count). The van der Waals surface area contributed by atoms with Crippen LogP contribution in [0.3, 0.4) is 0 Å². The lowest BCUT2D eigenvalue weighted by Gasteiger charge is -2.18. The largest absolute Gasteiger partial charge is 0.330 e. The van der Waals surface area contributed by atoms with E-state index >= 15 is 0 Å². The highest BCUT2D eigenvalue weighted by atomic mass is 32.2. The van der Waals surface area contributed by atoms with Gasteiger partial charge in [-0.25, -0.2) is 9.71 Å². The summed E-state index contributed by atoms with van der Waals surface area (Å²) in [5, 5.41) is 0. The van der Waals surface area contributed by atoms with Crippen LogP contribution in [0.1, 0.15) is 25.2 Å². The predicted molar refractivity (Wildman–Crippen MR) is 91.3 cm³/mol. The molecule has 23 heavy (non-hydrogen) atoms. The maximum absolute atomic E-state index is 12.1. The minimum atomic E-state index is -3.40. The van der Waals surface area contributed by atoms with Gasteiger partial charge >= 0.3 is 0 Å². The third kappa shape index (κ3) is 4.89. The van der Waals surface area contributed by atoms with Crippen molar-refractivity contribution in [3.63, 3.8) is 0 Å². The maximum atomic E-state index is 12.1. The first-order valence-electron chi connectivity index (χ1n) is 7.85. The fourth-order valence-corrected chi connectivity index (χ4v) is 3.66. The smallest absolute Gasteiger partial charge is 0.279 e. The van der Waals surface area contributed by atoms with Crippen molar-refractivity contribution < 1.29 is 8.42 Å². The average Bonchev–Trinajstić information content (AvgIpc) is 2.96. The average molecular weight is 336 g/mol. The molecule has 0 bridgehead atoms. The molecule has 0 aliphatic carbocycles. The molecule has 0 aliphatic rings. The summed E-state index contributed by atoms with van der Waals surface area (Å²) in [6.45, 7) is 5.66. The lowest BCUT2D eigenvalue weighted by Crippen LogP contribution is -2.41. The first kappa shape index (κ1) is 17.7. The molecule has 0 saturated carbocycles. The van der Waals surface area contributed by atoms with E-state index in [1.165, 1.54) is 9.87 Å². The second-order valence-electron chi connectivity index (χ2n) is 5.19. The lowest BCUT2D eigenvalue weighted by atomic mass is 10.2. The third-order valence-corrected chi connectivity index (χ3v) is 5.44. The SMILES string of the molecule is CCN(CC)S(=O)(=O)NCCc1nccn1Cc1ccccc1. The fraction of sp³-hybridized carbons (Fsp3) is 0.438. The van der Waals surface area contributed by atoms with Crippen molar-refractivity contribution in [1.82, 2.24) is 18.6 Å². The number of hydrogen-bond acceptors (Lipinski definition) is 3. The molecule has 7 heteroatoms. The van der Waals surface area contributed by atoms with Crippen molar-refractivity contribution in [2.75, 3.05) is 19.6 Å². The highest BCUT2D eigenvalue weighted by Gasteiger charge is 2.17. The Morgan fingerprint density at radius 3 is 2.52 bits per heavy atom. The first-order valence-corrected chi connectivity index (χ1v) is 9.29. The van der Waals surface area contributed by atoms with E-state index in [1.807, 2.05) is 42.8 Å². The molecular formula is C16H24N4O2S. The number of rotatable bonds is 9. The van der Waals surface area contributed by atoms with Gasteiger partial charge in [0.2, 0.25) is 0 Å². The summed E-state index contributed by atoms with van der Waals surface area (Å²) in [6, 6.07) is 10.1. The van der Waals surface area contributed by atoms with Crippen molar-refractivity contribution in [3.05, 3.63) is 54.1 Å². The molecule has 0 spiro atoms. The molecule has 1 heterocycles. The van der Waals surface area contributed by atoms with Crippen LogP contribution in [0, 0.1) is 0 Å². The Morgan fingerprint density at radius 2 is 1.87 bits per heavy atom. The molecule has 0 radical (unpaired) electrons. The first-order chi connectivity index (χ1) is 11.1. The summed E-state index contributed by atoms with van der Waals surface area (Å²) in [7, 11) is -3.40. The quantitative estimate of drug-likeness (QED) is 0.757. The van der Waals surface area contributed by atoms with Crippen LogP contribution in [0.2, 0.25) is 0 Å². The Hall–Kier alpha value is -1.70. The van der Waals surface area contributed by atoms with Crippen LogP contribution in [0.4, 0.5) is 0 Å².